The predicted molar refractivity (Wildman–Crippen MR) is 261 cm³/mol. The van der Waals surface area contributed by atoms with Crippen molar-refractivity contribution in [2.45, 2.75) is 26.9 Å². The van der Waals surface area contributed by atoms with Crippen LogP contribution in [0.2, 0.25) is 0 Å². The molecule has 0 saturated carbocycles. The fourth-order valence-corrected chi connectivity index (χ4v) is 9.89. The summed E-state index contributed by atoms with van der Waals surface area (Å²) >= 11 is 0. The Morgan fingerprint density at radius 1 is 0.385 bits per heavy atom. The molecule has 0 amide bonds. The molecule has 2 aromatic heterocycles. The second kappa shape index (κ2) is 15.3. The number of aryl methyl sites for hydroxylation is 3. The number of rotatable bonds is 6. The Morgan fingerprint density at radius 3 is 1.42 bits per heavy atom. The van der Waals surface area contributed by atoms with Gasteiger partial charge in [-0.25, -0.2) is 0 Å². The molecular formula is C59H40F3N3. The van der Waals surface area contributed by atoms with Gasteiger partial charge in [-0.1, -0.05) is 115 Å². The van der Waals surface area contributed by atoms with Gasteiger partial charge in [0.15, 0.2) is 0 Å². The summed E-state index contributed by atoms with van der Waals surface area (Å²) in [4.78, 5) is 0. The van der Waals surface area contributed by atoms with Crippen LogP contribution in [0.3, 0.4) is 0 Å². The number of para-hydroxylation sites is 2. The van der Waals surface area contributed by atoms with Crippen LogP contribution in [0.15, 0.2) is 188 Å². The molecule has 9 aromatic carbocycles. The van der Waals surface area contributed by atoms with E-state index >= 15 is 0 Å². The summed E-state index contributed by atoms with van der Waals surface area (Å²) in [5.41, 5.74) is 16.2. The fourth-order valence-electron chi connectivity index (χ4n) is 9.89. The summed E-state index contributed by atoms with van der Waals surface area (Å²) in [5, 5.41) is 14.8. The van der Waals surface area contributed by atoms with Crippen LogP contribution in [0.4, 0.5) is 13.2 Å². The Balaban J connectivity index is 1.21. The number of fused-ring (bicyclic) bond motifs is 6. The highest BCUT2D eigenvalue weighted by Gasteiger charge is 2.31. The van der Waals surface area contributed by atoms with Crippen LogP contribution in [0.1, 0.15) is 27.8 Å². The van der Waals surface area contributed by atoms with E-state index < -0.39 is 11.7 Å². The Kier molecular flexibility index (Phi) is 9.34. The minimum atomic E-state index is -4.46. The monoisotopic (exact) mass is 847 g/mol. The van der Waals surface area contributed by atoms with E-state index in [0.717, 1.165) is 94.4 Å². The molecule has 3 nitrogen and oxygen atoms in total. The highest BCUT2D eigenvalue weighted by molar-refractivity contribution is 6.13. The first-order chi connectivity index (χ1) is 31.6. The SMILES string of the molecule is Cc1ccccc1-c1ccc2c(c1)c1ccccc1n2-c1ccc(-c2ccc(C(F)(F)F)cc2C)cc1-c1ccc(C#N)cc1-n1c2ccccc2c2cc(-c3ccccc3C)ccc21. The zero-order chi connectivity index (χ0) is 44.6. The molecule has 0 atom stereocenters. The molecule has 312 valence electrons. The molecule has 0 fully saturated rings. The zero-order valence-electron chi connectivity index (χ0n) is 35.9. The van der Waals surface area contributed by atoms with Crippen molar-refractivity contribution in [2.75, 3.05) is 0 Å². The largest absolute Gasteiger partial charge is 0.416 e. The van der Waals surface area contributed by atoms with E-state index in [1.165, 1.54) is 22.8 Å². The number of halogens is 3. The van der Waals surface area contributed by atoms with Gasteiger partial charge in [0.1, 0.15) is 0 Å². The molecule has 0 aliphatic heterocycles. The smallest absolute Gasteiger partial charge is 0.309 e. The fraction of sp³-hybridized carbons (Fsp3) is 0.0678. The Hall–Kier alpha value is -8.14. The number of aromatic nitrogens is 2. The van der Waals surface area contributed by atoms with Gasteiger partial charge in [0.05, 0.1) is 50.6 Å². The highest BCUT2D eigenvalue weighted by Crippen LogP contribution is 2.44. The zero-order valence-corrected chi connectivity index (χ0v) is 35.9. The van der Waals surface area contributed by atoms with Gasteiger partial charge in [0.25, 0.3) is 0 Å². The summed E-state index contributed by atoms with van der Waals surface area (Å²) in [6.45, 7) is 5.98. The predicted octanol–water partition coefficient (Wildman–Crippen LogP) is 16.4. The second-order valence-corrected chi connectivity index (χ2v) is 16.9. The molecule has 0 bridgehead atoms. The van der Waals surface area contributed by atoms with Crippen LogP contribution >= 0.6 is 0 Å². The molecule has 0 saturated heterocycles. The molecule has 65 heavy (non-hydrogen) atoms. The standard InChI is InChI=1S/C59H40F3N3/c1-36-12-4-6-14-44(36)40-21-27-55-50(32-40)47-16-8-10-18-53(47)64(55)56-28-23-42(46-26-24-43(30-38(46)3)59(60,61)62)34-52(56)49-25-20-39(35-63)31-58(49)65-54-19-11-9-17-48(54)51-33-41(22-29-57(51)65)45-15-7-5-13-37(45)2/h4-34H,1-3H3. The summed E-state index contributed by atoms with van der Waals surface area (Å²) in [5.74, 6) is 0. The summed E-state index contributed by atoms with van der Waals surface area (Å²) < 4.78 is 46.4. The number of nitrogens with zero attached hydrogens (tertiary/aromatic N) is 3. The minimum absolute atomic E-state index is 0.503. The van der Waals surface area contributed by atoms with Crippen molar-refractivity contribution in [1.82, 2.24) is 9.13 Å². The minimum Gasteiger partial charge on any atom is -0.309 e. The molecule has 11 aromatic rings. The highest BCUT2D eigenvalue weighted by atomic mass is 19.4. The van der Waals surface area contributed by atoms with Crippen LogP contribution in [0, 0.1) is 32.1 Å². The van der Waals surface area contributed by atoms with Crippen molar-refractivity contribution in [3.63, 3.8) is 0 Å². The first-order valence-corrected chi connectivity index (χ1v) is 21.6. The average molecular weight is 848 g/mol. The third-order valence-corrected chi connectivity index (χ3v) is 13.0. The molecule has 0 unspecified atom stereocenters. The van der Waals surface area contributed by atoms with Crippen LogP contribution in [-0.4, -0.2) is 9.13 Å². The van der Waals surface area contributed by atoms with Crippen molar-refractivity contribution in [1.29, 1.82) is 5.26 Å². The van der Waals surface area contributed by atoms with Crippen molar-refractivity contribution in [2.24, 2.45) is 0 Å². The third-order valence-electron chi connectivity index (χ3n) is 13.0. The molecule has 2 heterocycles. The average Bonchev–Trinajstić information content (AvgIpc) is 3.83. The molecule has 0 aliphatic rings. The van der Waals surface area contributed by atoms with Crippen LogP contribution in [0.25, 0.3) is 99.5 Å². The van der Waals surface area contributed by atoms with Gasteiger partial charge in [0, 0.05) is 32.7 Å². The normalized spacial score (nSPS) is 11.8. The van der Waals surface area contributed by atoms with Gasteiger partial charge in [-0.3, -0.25) is 0 Å². The third kappa shape index (κ3) is 6.59. The molecular weight excluding hydrogens is 808 g/mol. The quantitative estimate of drug-likeness (QED) is 0.164. The van der Waals surface area contributed by atoms with E-state index in [-0.39, 0.29) is 0 Å². The summed E-state index contributed by atoms with van der Waals surface area (Å²) in [6.07, 6.45) is -4.46. The van der Waals surface area contributed by atoms with Gasteiger partial charge in [-0.2, -0.15) is 18.4 Å². The van der Waals surface area contributed by atoms with Gasteiger partial charge < -0.3 is 9.13 Å². The van der Waals surface area contributed by atoms with Crippen LogP contribution < -0.4 is 0 Å². The van der Waals surface area contributed by atoms with Crippen LogP contribution in [-0.2, 0) is 6.18 Å². The number of alkyl halides is 3. The lowest BCUT2D eigenvalue weighted by molar-refractivity contribution is -0.137. The first-order valence-electron chi connectivity index (χ1n) is 21.6. The van der Waals surface area contributed by atoms with E-state index in [2.05, 4.69) is 169 Å². The van der Waals surface area contributed by atoms with Gasteiger partial charge in [0.2, 0.25) is 0 Å². The van der Waals surface area contributed by atoms with Crippen LogP contribution in [0.5, 0.6) is 0 Å². The van der Waals surface area contributed by atoms with Gasteiger partial charge in [-0.05, 0) is 144 Å². The second-order valence-electron chi connectivity index (χ2n) is 16.9. The molecule has 0 spiro atoms. The molecule has 0 aliphatic carbocycles. The molecule has 6 heteroatoms. The molecule has 0 N–H and O–H groups in total. The Morgan fingerprint density at radius 2 is 0.862 bits per heavy atom. The Bertz CT molecular complexity index is 3760. The first kappa shape index (κ1) is 39.7. The van der Waals surface area contributed by atoms with E-state index in [1.807, 2.05) is 30.3 Å². The topological polar surface area (TPSA) is 33.6 Å². The molecule has 11 rings (SSSR count). The number of benzene rings is 9. The van der Waals surface area contributed by atoms with E-state index in [1.54, 1.807) is 13.0 Å². The Labute approximate surface area is 374 Å². The van der Waals surface area contributed by atoms with E-state index in [0.29, 0.717) is 16.7 Å². The van der Waals surface area contributed by atoms with Crippen molar-refractivity contribution in [3.05, 3.63) is 216 Å². The summed E-state index contributed by atoms with van der Waals surface area (Å²) in [6, 6.07) is 65.2. The van der Waals surface area contributed by atoms with E-state index in [9.17, 15) is 18.4 Å². The number of nitriles is 1. The maximum absolute atomic E-state index is 14.0. The van der Waals surface area contributed by atoms with Crippen molar-refractivity contribution in [3.8, 4) is 62.0 Å². The van der Waals surface area contributed by atoms with E-state index in [4.69, 9.17) is 0 Å². The van der Waals surface area contributed by atoms with Crippen molar-refractivity contribution < 1.29 is 13.2 Å². The van der Waals surface area contributed by atoms with Crippen molar-refractivity contribution >= 4 is 43.6 Å². The lowest BCUT2D eigenvalue weighted by atomic mass is 9.92. The number of hydrogen-bond donors (Lipinski definition) is 0. The number of hydrogen-bond acceptors (Lipinski definition) is 1. The lowest BCUT2D eigenvalue weighted by Gasteiger charge is -2.20. The lowest BCUT2D eigenvalue weighted by Crippen LogP contribution is -2.05. The summed E-state index contributed by atoms with van der Waals surface area (Å²) in [7, 11) is 0. The maximum atomic E-state index is 14.0. The maximum Gasteiger partial charge on any atom is 0.416 e. The van der Waals surface area contributed by atoms with Gasteiger partial charge in [-0.15, -0.1) is 0 Å². The molecule has 0 radical (unpaired) electrons. The van der Waals surface area contributed by atoms with Gasteiger partial charge >= 0.3 is 6.18 Å².